The van der Waals surface area contributed by atoms with Gasteiger partial charge in [0.25, 0.3) is 0 Å². The lowest BCUT2D eigenvalue weighted by Crippen LogP contribution is -2.15. The SMILES string of the molecule is COc1nn(-c2cccc(Oc3ccc(F)cc3)c2[N+](=O)[O-])c(=O)o1. The molecule has 3 rings (SSSR count). The maximum Gasteiger partial charge on any atom is 0.444 e. The lowest BCUT2D eigenvalue weighted by Gasteiger charge is -2.08. The largest absolute Gasteiger partial charge is 0.452 e. The summed E-state index contributed by atoms with van der Waals surface area (Å²) >= 11 is 0. The molecule has 128 valence electrons. The predicted molar refractivity (Wildman–Crippen MR) is 81.8 cm³/mol. The maximum absolute atomic E-state index is 13.0. The molecule has 0 saturated carbocycles. The number of nitro benzene ring substituents is 1. The minimum Gasteiger partial charge on any atom is -0.452 e. The molecular formula is C15H10FN3O6. The van der Waals surface area contributed by atoms with Crippen molar-refractivity contribution in [2.75, 3.05) is 7.11 Å². The number of rotatable bonds is 5. The van der Waals surface area contributed by atoms with Crippen LogP contribution in [0, 0.1) is 15.9 Å². The highest BCUT2D eigenvalue weighted by atomic mass is 19.1. The topological polar surface area (TPSA) is 110 Å². The number of halogens is 1. The van der Waals surface area contributed by atoms with Crippen LogP contribution in [0.25, 0.3) is 5.69 Å². The van der Waals surface area contributed by atoms with Crippen molar-refractivity contribution in [2.45, 2.75) is 0 Å². The summed E-state index contributed by atoms with van der Waals surface area (Å²) in [6, 6.07) is 9.02. The van der Waals surface area contributed by atoms with Crippen molar-refractivity contribution in [2.24, 2.45) is 0 Å². The lowest BCUT2D eigenvalue weighted by molar-refractivity contribution is -0.385. The van der Waals surface area contributed by atoms with Crippen LogP contribution in [-0.4, -0.2) is 21.8 Å². The molecule has 0 fully saturated rings. The Morgan fingerprint density at radius 1 is 1.24 bits per heavy atom. The summed E-state index contributed by atoms with van der Waals surface area (Å²) in [4.78, 5) is 22.6. The van der Waals surface area contributed by atoms with Crippen molar-refractivity contribution < 1.29 is 23.2 Å². The zero-order chi connectivity index (χ0) is 18.0. The van der Waals surface area contributed by atoms with Gasteiger partial charge in [-0.3, -0.25) is 10.1 Å². The van der Waals surface area contributed by atoms with E-state index < -0.39 is 22.2 Å². The average molecular weight is 347 g/mol. The fourth-order valence-electron chi connectivity index (χ4n) is 2.07. The van der Waals surface area contributed by atoms with Gasteiger partial charge in [-0.15, -0.1) is 0 Å². The molecule has 25 heavy (non-hydrogen) atoms. The summed E-state index contributed by atoms with van der Waals surface area (Å²) in [6.45, 7) is 0. The number of methoxy groups -OCH3 is 1. The van der Waals surface area contributed by atoms with Crippen LogP contribution in [0.4, 0.5) is 10.1 Å². The predicted octanol–water partition coefficient (Wildman–Crippen LogP) is 2.67. The number of benzene rings is 2. The number of hydrogen-bond donors (Lipinski definition) is 0. The highest BCUT2D eigenvalue weighted by Gasteiger charge is 2.26. The van der Waals surface area contributed by atoms with Crippen LogP contribution in [0.15, 0.2) is 51.7 Å². The molecule has 0 spiro atoms. The van der Waals surface area contributed by atoms with Gasteiger partial charge in [-0.25, -0.2) is 9.18 Å². The second-order valence-electron chi connectivity index (χ2n) is 4.69. The Morgan fingerprint density at radius 3 is 2.56 bits per heavy atom. The van der Waals surface area contributed by atoms with Crippen LogP contribution < -0.4 is 15.2 Å². The normalized spacial score (nSPS) is 10.5. The molecule has 9 nitrogen and oxygen atoms in total. The monoisotopic (exact) mass is 347 g/mol. The maximum atomic E-state index is 13.0. The van der Waals surface area contributed by atoms with Crippen molar-refractivity contribution in [3.63, 3.8) is 0 Å². The van der Waals surface area contributed by atoms with Crippen LogP contribution in [0.3, 0.4) is 0 Å². The Bertz CT molecular complexity index is 980. The minimum absolute atomic E-state index is 0.150. The molecule has 1 heterocycles. The first-order chi connectivity index (χ1) is 12.0. The molecular weight excluding hydrogens is 337 g/mol. The van der Waals surface area contributed by atoms with Gasteiger partial charge in [0.15, 0.2) is 5.69 Å². The molecule has 2 aromatic carbocycles. The van der Waals surface area contributed by atoms with Crippen molar-refractivity contribution in [3.8, 4) is 23.3 Å². The number of nitrogens with zero attached hydrogens (tertiary/aromatic N) is 3. The standard InChI is InChI=1S/C15H10FN3O6/c1-23-14-17-18(15(20)25-14)11-3-2-4-12(13(11)19(21)22)24-10-7-5-9(16)6-8-10/h2-8H,1H3. The number of para-hydroxylation sites is 1. The van der Waals surface area contributed by atoms with Gasteiger partial charge in [0.1, 0.15) is 11.6 Å². The molecule has 1 aromatic heterocycles. The van der Waals surface area contributed by atoms with Crippen molar-refractivity contribution >= 4 is 5.69 Å². The van der Waals surface area contributed by atoms with Gasteiger partial charge in [0.2, 0.25) is 5.75 Å². The van der Waals surface area contributed by atoms with Gasteiger partial charge in [-0.05, 0) is 36.4 Å². The quantitative estimate of drug-likeness (QED) is 0.515. The van der Waals surface area contributed by atoms with Crippen LogP contribution in [0.1, 0.15) is 0 Å². The fraction of sp³-hybridized carbons (Fsp3) is 0.0667. The van der Waals surface area contributed by atoms with E-state index >= 15 is 0 Å². The Labute approximate surface area is 139 Å². The third-order valence-corrected chi connectivity index (χ3v) is 3.13. The summed E-state index contributed by atoms with van der Waals surface area (Å²) in [7, 11) is 1.23. The van der Waals surface area contributed by atoms with Crippen molar-refractivity contribution in [3.05, 3.63) is 68.9 Å². The molecule has 0 aliphatic rings. The van der Waals surface area contributed by atoms with E-state index in [0.29, 0.717) is 4.68 Å². The van der Waals surface area contributed by atoms with Crippen LogP contribution in [-0.2, 0) is 0 Å². The summed E-state index contributed by atoms with van der Waals surface area (Å²) in [5.41, 5.74) is -0.675. The highest BCUT2D eigenvalue weighted by molar-refractivity contribution is 5.61. The molecule has 10 heteroatoms. The minimum atomic E-state index is -0.959. The number of aromatic nitrogens is 2. The molecule has 0 saturated heterocycles. The molecule has 0 bridgehead atoms. The van der Waals surface area contributed by atoms with E-state index in [9.17, 15) is 19.3 Å². The van der Waals surface area contributed by atoms with E-state index in [2.05, 4.69) is 5.10 Å². The van der Waals surface area contributed by atoms with Gasteiger partial charge in [-0.1, -0.05) is 11.2 Å². The molecule has 0 aliphatic carbocycles. The number of hydrogen-bond acceptors (Lipinski definition) is 7. The average Bonchev–Trinajstić information content (AvgIpc) is 2.97. The van der Waals surface area contributed by atoms with Gasteiger partial charge < -0.3 is 13.9 Å². The molecule has 0 aliphatic heterocycles. The Balaban J connectivity index is 2.11. The molecule has 0 unspecified atom stereocenters. The zero-order valence-corrected chi connectivity index (χ0v) is 12.7. The zero-order valence-electron chi connectivity index (χ0n) is 12.7. The molecule has 0 radical (unpaired) electrons. The van der Waals surface area contributed by atoms with E-state index in [1.807, 2.05) is 0 Å². The van der Waals surface area contributed by atoms with Gasteiger partial charge in [0, 0.05) is 0 Å². The smallest absolute Gasteiger partial charge is 0.444 e. The van der Waals surface area contributed by atoms with Crippen LogP contribution >= 0.6 is 0 Å². The number of nitro groups is 1. The Morgan fingerprint density at radius 2 is 1.96 bits per heavy atom. The third-order valence-electron chi connectivity index (χ3n) is 3.13. The molecule has 0 amide bonds. The lowest BCUT2D eigenvalue weighted by atomic mass is 10.2. The van der Waals surface area contributed by atoms with Crippen LogP contribution in [0.5, 0.6) is 17.6 Å². The Kier molecular flexibility index (Phi) is 4.16. The fourth-order valence-corrected chi connectivity index (χ4v) is 2.07. The van der Waals surface area contributed by atoms with E-state index in [4.69, 9.17) is 13.9 Å². The van der Waals surface area contributed by atoms with Gasteiger partial charge in [-0.2, -0.15) is 4.68 Å². The summed E-state index contributed by atoms with van der Waals surface area (Å²) < 4.78 is 28.5. The summed E-state index contributed by atoms with van der Waals surface area (Å²) in [5.74, 6) is -1.40. The summed E-state index contributed by atoms with van der Waals surface area (Å²) in [6.07, 6.45) is -0.343. The third kappa shape index (κ3) is 3.17. The van der Waals surface area contributed by atoms with E-state index in [0.717, 1.165) is 12.1 Å². The first kappa shape index (κ1) is 16.2. The van der Waals surface area contributed by atoms with Crippen molar-refractivity contribution in [1.29, 1.82) is 0 Å². The highest BCUT2D eigenvalue weighted by Crippen LogP contribution is 2.35. The molecule has 0 N–H and O–H groups in total. The first-order valence-electron chi connectivity index (χ1n) is 6.85. The second-order valence-corrected chi connectivity index (χ2v) is 4.69. The molecule has 0 atom stereocenters. The van der Waals surface area contributed by atoms with Gasteiger partial charge >= 0.3 is 17.5 Å². The van der Waals surface area contributed by atoms with E-state index in [1.165, 1.54) is 37.4 Å². The van der Waals surface area contributed by atoms with E-state index in [-0.39, 0.29) is 23.3 Å². The van der Waals surface area contributed by atoms with E-state index in [1.54, 1.807) is 0 Å². The van der Waals surface area contributed by atoms with Crippen LogP contribution in [0.2, 0.25) is 0 Å². The van der Waals surface area contributed by atoms with Crippen molar-refractivity contribution in [1.82, 2.24) is 9.78 Å². The second kappa shape index (κ2) is 6.43. The summed E-state index contributed by atoms with van der Waals surface area (Å²) in [5, 5.41) is 15.2. The Hall–Kier alpha value is -3.69. The van der Waals surface area contributed by atoms with Gasteiger partial charge in [0.05, 0.1) is 12.0 Å². The number of ether oxygens (including phenoxy) is 2. The first-order valence-corrected chi connectivity index (χ1v) is 6.85. The molecule has 3 aromatic rings.